The molecule has 2 aromatic carbocycles. The molecule has 0 N–H and O–H groups in total. The highest BCUT2D eigenvalue weighted by molar-refractivity contribution is 7.99. The van der Waals surface area contributed by atoms with Gasteiger partial charge in [0.2, 0.25) is 5.89 Å². The van der Waals surface area contributed by atoms with E-state index in [1.807, 2.05) is 51.1 Å². The van der Waals surface area contributed by atoms with Crippen LogP contribution in [0.5, 0.6) is 0 Å². The first-order valence-electron chi connectivity index (χ1n) is 9.22. The molecule has 1 unspecified atom stereocenters. The standard InChI is InChI=1S/C21H19ClN4O2S/c1-12(2)18-24-19(28-25-18)13(3)29-21-23-16-10-6-4-8-14(16)20(27)26(21)17-11-7-5-9-15(17)22/h4-13H,1-3H3. The van der Waals surface area contributed by atoms with Gasteiger partial charge >= 0.3 is 0 Å². The molecule has 0 aliphatic carbocycles. The van der Waals surface area contributed by atoms with Gasteiger partial charge in [-0.1, -0.05) is 66.6 Å². The quantitative estimate of drug-likeness (QED) is 0.314. The Kier molecular flexibility index (Phi) is 5.43. The Morgan fingerprint density at radius 1 is 1.03 bits per heavy atom. The monoisotopic (exact) mass is 426 g/mol. The van der Waals surface area contributed by atoms with Crippen LogP contribution in [0.15, 0.2) is 63.0 Å². The molecule has 0 aliphatic rings. The van der Waals surface area contributed by atoms with E-state index in [-0.39, 0.29) is 16.7 Å². The molecule has 0 fully saturated rings. The summed E-state index contributed by atoms with van der Waals surface area (Å²) < 4.78 is 6.97. The summed E-state index contributed by atoms with van der Waals surface area (Å²) in [4.78, 5) is 22.5. The van der Waals surface area contributed by atoms with Gasteiger partial charge in [-0.05, 0) is 31.2 Å². The molecular weight excluding hydrogens is 408 g/mol. The molecule has 0 bridgehead atoms. The molecule has 2 heterocycles. The zero-order valence-electron chi connectivity index (χ0n) is 16.2. The van der Waals surface area contributed by atoms with E-state index in [1.165, 1.54) is 11.8 Å². The second-order valence-corrected chi connectivity index (χ2v) is 8.62. The molecule has 6 nitrogen and oxygen atoms in total. The van der Waals surface area contributed by atoms with Crippen LogP contribution in [0.25, 0.3) is 16.6 Å². The largest absolute Gasteiger partial charge is 0.338 e. The molecule has 8 heteroatoms. The lowest BCUT2D eigenvalue weighted by molar-refractivity contribution is 0.373. The maximum Gasteiger partial charge on any atom is 0.266 e. The second-order valence-electron chi connectivity index (χ2n) is 6.91. The van der Waals surface area contributed by atoms with Gasteiger partial charge in [0.15, 0.2) is 11.0 Å². The Balaban J connectivity index is 1.85. The number of fused-ring (bicyclic) bond motifs is 1. The molecule has 4 aromatic rings. The van der Waals surface area contributed by atoms with Gasteiger partial charge in [-0.15, -0.1) is 0 Å². The number of rotatable bonds is 5. The van der Waals surface area contributed by atoms with E-state index in [2.05, 4.69) is 10.1 Å². The summed E-state index contributed by atoms with van der Waals surface area (Å²) in [5.74, 6) is 1.32. The Morgan fingerprint density at radius 2 is 1.76 bits per heavy atom. The van der Waals surface area contributed by atoms with E-state index < -0.39 is 0 Å². The van der Waals surface area contributed by atoms with Gasteiger partial charge < -0.3 is 4.52 Å². The van der Waals surface area contributed by atoms with Crippen molar-refractivity contribution in [1.82, 2.24) is 19.7 Å². The fraction of sp³-hybridized carbons (Fsp3) is 0.238. The SMILES string of the molecule is CC(C)c1noc(C(C)Sc2nc3ccccc3c(=O)n2-c2ccccc2Cl)n1. The van der Waals surface area contributed by atoms with Crippen molar-refractivity contribution in [2.45, 2.75) is 37.1 Å². The Labute approximate surface area is 176 Å². The molecule has 0 radical (unpaired) electrons. The first kappa shape index (κ1) is 19.7. The number of para-hydroxylation sites is 2. The summed E-state index contributed by atoms with van der Waals surface area (Å²) in [6.07, 6.45) is 0. The maximum atomic E-state index is 13.3. The molecule has 2 aromatic heterocycles. The molecule has 29 heavy (non-hydrogen) atoms. The zero-order valence-corrected chi connectivity index (χ0v) is 17.7. The molecular formula is C21H19ClN4O2S. The van der Waals surface area contributed by atoms with Gasteiger partial charge in [0.05, 0.1) is 26.9 Å². The van der Waals surface area contributed by atoms with Crippen LogP contribution in [0.4, 0.5) is 0 Å². The van der Waals surface area contributed by atoms with Crippen LogP contribution in [-0.4, -0.2) is 19.7 Å². The minimum absolute atomic E-state index is 0.171. The summed E-state index contributed by atoms with van der Waals surface area (Å²) >= 11 is 7.79. The number of nitrogens with zero attached hydrogens (tertiary/aromatic N) is 4. The Bertz CT molecular complexity index is 1230. The molecule has 1 atom stereocenters. The lowest BCUT2D eigenvalue weighted by Crippen LogP contribution is -2.22. The highest BCUT2D eigenvalue weighted by Crippen LogP contribution is 2.35. The highest BCUT2D eigenvalue weighted by atomic mass is 35.5. The average molecular weight is 427 g/mol. The third-order valence-corrected chi connectivity index (χ3v) is 5.80. The summed E-state index contributed by atoms with van der Waals surface area (Å²) in [7, 11) is 0. The molecule has 0 amide bonds. The van der Waals surface area contributed by atoms with Crippen molar-refractivity contribution in [3.05, 3.63) is 75.6 Å². The van der Waals surface area contributed by atoms with E-state index in [0.29, 0.717) is 38.5 Å². The number of benzene rings is 2. The molecule has 4 rings (SSSR count). The molecule has 0 saturated heterocycles. The summed E-state index contributed by atoms with van der Waals surface area (Å²) in [6, 6.07) is 14.5. The van der Waals surface area contributed by atoms with E-state index in [4.69, 9.17) is 21.1 Å². The third-order valence-electron chi connectivity index (χ3n) is 4.44. The predicted molar refractivity (Wildman–Crippen MR) is 115 cm³/mol. The molecule has 0 saturated carbocycles. The molecule has 0 spiro atoms. The lowest BCUT2D eigenvalue weighted by atomic mass is 10.2. The number of hydrogen-bond donors (Lipinski definition) is 0. The third kappa shape index (κ3) is 3.80. The van der Waals surface area contributed by atoms with Crippen molar-refractivity contribution in [3.63, 3.8) is 0 Å². The van der Waals surface area contributed by atoms with Crippen molar-refractivity contribution >= 4 is 34.3 Å². The molecule has 148 valence electrons. The summed E-state index contributed by atoms with van der Waals surface area (Å²) in [5, 5.41) is 5.35. The van der Waals surface area contributed by atoms with E-state index >= 15 is 0 Å². The number of thioether (sulfide) groups is 1. The lowest BCUT2D eigenvalue weighted by Gasteiger charge is -2.15. The minimum atomic E-state index is -0.197. The van der Waals surface area contributed by atoms with Gasteiger partial charge in [-0.3, -0.25) is 9.36 Å². The fourth-order valence-corrected chi connectivity index (χ4v) is 4.06. The van der Waals surface area contributed by atoms with Crippen LogP contribution < -0.4 is 5.56 Å². The van der Waals surface area contributed by atoms with Gasteiger partial charge in [0.1, 0.15) is 0 Å². The summed E-state index contributed by atoms with van der Waals surface area (Å²) in [5.41, 5.74) is 1.04. The van der Waals surface area contributed by atoms with Gasteiger partial charge in [0, 0.05) is 5.92 Å². The first-order valence-corrected chi connectivity index (χ1v) is 10.5. The van der Waals surface area contributed by atoms with Crippen molar-refractivity contribution in [1.29, 1.82) is 0 Å². The normalized spacial score (nSPS) is 12.6. The zero-order chi connectivity index (χ0) is 20.5. The van der Waals surface area contributed by atoms with Crippen molar-refractivity contribution < 1.29 is 4.52 Å². The van der Waals surface area contributed by atoms with Crippen molar-refractivity contribution in [2.24, 2.45) is 0 Å². The van der Waals surface area contributed by atoms with Crippen LogP contribution in [0.1, 0.15) is 43.7 Å². The number of hydrogen-bond acceptors (Lipinski definition) is 6. The van der Waals surface area contributed by atoms with Crippen LogP contribution in [0.3, 0.4) is 0 Å². The van der Waals surface area contributed by atoms with E-state index in [9.17, 15) is 4.79 Å². The van der Waals surface area contributed by atoms with E-state index in [1.54, 1.807) is 22.8 Å². The van der Waals surface area contributed by atoms with E-state index in [0.717, 1.165) is 0 Å². The average Bonchev–Trinajstić information content (AvgIpc) is 3.20. The first-order chi connectivity index (χ1) is 14.0. The van der Waals surface area contributed by atoms with Crippen LogP contribution >= 0.6 is 23.4 Å². The maximum absolute atomic E-state index is 13.3. The van der Waals surface area contributed by atoms with Crippen LogP contribution in [0, 0.1) is 0 Å². The predicted octanol–water partition coefficient (Wildman–Crippen LogP) is 5.40. The topological polar surface area (TPSA) is 73.8 Å². The van der Waals surface area contributed by atoms with Crippen molar-refractivity contribution in [3.8, 4) is 5.69 Å². The van der Waals surface area contributed by atoms with Crippen LogP contribution in [-0.2, 0) is 0 Å². The number of halogens is 1. The smallest absolute Gasteiger partial charge is 0.266 e. The van der Waals surface area contributed by atoms with Gasteiger partial charge in [0.25, 0.3) is 5.56 Å². The van der Waals surface area contributed by atoms with Crippen LogP contribution in [0.2, 0.25) is 5.02 Å². The summed E-state index contributed by atoms with van der Waals surface area (Å²) in [6.45, 7) is 5.96. The van der Waals surface area contributed by atoms with Gasteiger partial charge in [-0.2, -0.15) is 4.98 Å². The van der Waals surface area contributed by atoms with Gasteiger partial charge in [-0.25, -0.2) is 4.98 Å². The second kappa shape index (κ2) is 8.00. The number of aromatic nitrogens is 4. The van der Waals surface area contributed by atoms with Crippen molar-refractivity contribution in [2.75, 3.05) is 0 Å². The Morgan fingerprint density at radius 3 is 2.48 bits per heavy atom. The fourth-order valence-electron chi connectivity index (χ4n) is 2.89. The minimum Gasteiger partial charge on any atom is -0.338 e. The Hall–Kier alpha value is -2.64. The highest BCUT2D eigenvalue weighted by Gasteiger charge is 2.22. The molecule has 0 aliphatic heterocycles.